The molecule has 132 valence electrons. The van der Waals surface area contributed by atoms with E-state index < -0.39 is 0 Å². The molecule has 0 bridgehead atoms. The number of likely N-dealkylation sites (tertiary alicyclic amines) is 1. The molecular formula is C20H31N3O. The highest BCUT2D eigenvalue weighted by atomic mass is 16.2. The van der Waals surface area contributed by atoms with Gasteiger partial charge in [0.15, 0.2) is 0 Å². The first-order chi connectivity index (χ1) is 11.8. The van der Waals surface area contributed by atoms with Crippen LogP contribution < -0.4 is 10.6 Å². The molecule has 1 saturated heterocycles. The fraction of sp³-hybridized carbons (Fsp3) is 0.650. The highest BCUT2D eigenvalue weighted by Gasteiger charge is 2.31. The quantitative estimate of drug-likeness (QED) is 0.870. The zero-order chi connectivity index (χ0) is 16.8. The van der Waals surface area contributed by atoms with Crippen molar-refractivity contribution in [3.8, 4) is 0 Å². The minimum atomic E-state index is 0.148. The molecule has 1 aromatic rings. The average Bonchev–Trinajstić information content (AvgIpc) is 3.09. The minimum absolute atomic E-state index is 0.148. The third kappa shape index (κ3) is 4.29. The maximum atomic E-state index is 12.7. The third-order valence-corrected chi connectivity index (χ3v) is 5.76. The summed E-state index contributed by atoms with van der Waals surface area (Å²) in [5, 5.41) is 6.55. The van der Waals surface area contributed by atoms with Crippen molar-refractivity contribution < 1.29 is 4.79 Å². The summed E-state index contributed by atoms with van der Waals surface area (Å²) in [4.78, 5) is 14.7. The van der Waals surface area contributed by atoms with Crippen molar-refractivity contribution in [3.05, 3.63) is 35.9 Å². The van der Waals surface area contributed by atoms with Crippen LogP contribution in [0.25, 0.3) is 0 Å². The number of urea groups is 1. The first kappa shape index (κ1) is 17.3. The van der Waals surface area contributed by atoms with Crippen molar-refractivity contribution in [1.82, 2.24) is 15.5 Å². The molecule has 0 spiro atoms. The standard InChI is InChI=1S/C20H31N3O/c1-21-13-10-16-11-14-23(15-12-16)20(24)22-19-9-5-8-18(19)17-6-3-2-4-7-17/h2-4,6-7,16,18-19,21H,5,8-15H2,1H3,(H,22,24)/t18-,19-/m1/s1. The molecule has 2 atom stereocenters. The Morgan fingerprint density at radius 3 is 2.58 bits per heavy atom. The summed E-state index contributed by atoms with van der Waals surface area (Å²) < 4.78 is 0. The predicted molar refractivity (Wildman–Crippen MR) is 98.2 cm³/mol. The highest BCUT2D eigenvalue weighted by molar-refractivity contribution is 5.74. The Hall–Kier alpha value is -1.55. The van der Waals surface area contributed by atoms with Gasteiger partial charge < -0.3 is 15.5 Å². The Morgan fingerprint density at radius 2 is 1.88 bits per heavy atom. The van der Waals surface area contributed by atoms with Crippen LogP contribution in [0.15, 0.2) is 30.3 Å². The van der Waals surface area contributed by atoms with Crippen LogP contribution in [-0.2, 0) is 0 Å². The molecule has 1 aromatic carbocycles. The Morgan fingerprint density at radius 1 is 1.12 bits per heavy atom. The van der Waals surface area contributed by atoms with E-state index in [9.17, 15) is 4.79 Å². The predicted octanol–water partition coefficient (Wildman–Crippen LogP) is 3.35. The lowest BCUT2D eigenvalue weighted by molar-refractivity contribution is 0.164. The molecule has 3 rings (SSSR count). The van der Waals surface area contributed by atoms with Crippen molar-refractivity contribution in [2.45, 2.75) is 50.5 Å². The van der Waals surface area contributed by atoms with Gasteiger partial charge in [-0.3, -0.25) is 0 Å². The second-order valence-corrected chi connectivity index (χ2v) is 7.33. The lowest BCUT2D eigenvalue weighted by atomic mass is 9.93. The fourth-order valence-corrected chi connectivity index (χ4v) is 4.26. The van der Waals surface area contributed by atoms with E-state index in [1.807, 2.05) is 11.9 Å². The molecule has 0 unspecified atom stereocenters. The normalized spacial score (nSPS) is 25.0. The third-order valence-electron chi connectivity index (χ3n) is 5.76. The van der Waals surface area contributed by atoms with Crippen molar-refractivity contribution in [2.75, 3.05) is 26.7 Å². The molecule has 0 aromatic heterocycles. The summed E-state index contributed by atoms with van der Waals surface area (Å²) in [6, 6.07) is 11.1. The van der Waals surface area contributed by atoms with Crippen LogP contribution in [-0.4, -0.2) is 43.7 Å². The molecule has 2 aliphatic rings. The summed E-state index contributed by atoms with van der Waals surface area (Å²) in [6.07, 6.45) is 7.00. The SMILES string of the molecule is CNCCC1CCN(C(=O)N[C@@H]2CCC[C@@H]2c2ccccc2)CC1. The molecule has 4 heteroatoms. The largest absolute Gasteiger partial charge is 0.335 e. The number of carbonyl (C=O) groups excluding carboxylic acids is 1. The smallest absolute Gasteiger partial charge is 0.317 e. The first-order valence-corrected chi connectivity index (χ1v) is 9.53. The van der Waals surface area contributed by atoms with Gasteiger partial charge in [-0.05, 0) is 57.2 Å². The molecule has 1 aliphatic carbocycles. The van der Waals surface area contributed by atoms with Crippen LogP contribution in [0.5, 0.6) is 0 Å². The number of rotatable bonds is 5. The number of hydrogen-bond donors (Lipinski definition) is 2. The molecule has 0 radical (unpaired) electrons. The topological polar surface area (TPSA) is 44.4 Å². The number of nitrogens with zero attached hydrogens (tertiary/aromatic N) is 1. The van der Waals surface area contributed by atoms with Crippen molar-refractivity contribution in [2.24, 2.45) is 5.92 Å². The summed E-state index contributed by atoms with van der Waals surface area (Å²) in [5.74, 6) is 1.24. The van der Waals surface area contributed by atoms with Crippen molar-refractivity contribution >= 4 is 6.03 Å². The van der Waals surface area contributed by atoms with E-state index in [0.29, 0.717) is 12.0 Å². The summed E-state index contributed by atoms with van der Waals surface area (Å²) in [7, 11) is 2.01. The fourth-order valence-electron chi connectivity index (χ4n) is 4.26. The van der Waals surface area contributed by atoms with Crippen LogP contribution in [0.1, 0.15) is 50.0 Å². The Kier molecular flexibility index (Phi) is 6.13. The second-order valence-electron chi connectivity index (χ2n) is 7.33. The number of nitrogens with one attached hydrogen (secondary N) is 2. The van der Waals surface area contributed by atoms with Crippen molar-refractivity contribution in [1.29, 1.82) is 0 Å². The number of benzene rings is 1. The van der Waals surface area contributed by atoms with Crippen LogP contribution in [0, 0.1) is 5.92 Å². The van der Waals surface area contributed by atoms with Gasteiger partial charge in [-0.1, -0.05) is 36.8 Å². The molecule has 2 amide bonds. The van der Waals surface area contributed by atoms with E-state index in [1.165, 1.54) is 24.8 Å². The van der Waals surface area contributed by atoms with E-state index in [4.69, 9.17) is 0 Å². The van der Waals surface area contributed by atoms with Crippen molar-refractivity contribution in [3.63, 3.8) is 0 Å². The number of hydrogen-bond acceptors (Lipinski definition) is 2. The number of piperidine rings is 1. The molecule has 4 nitrogen and oxygen atoms in total. The van der Waals surface area contributed by atoms with Gasteiger partial charge in [0, 0.05) is 25.0 Å². The first-order valence-electron chi connectivity index (χ1n) is 9.53. The Labute approximate surface area is 146 Å². The number of carbonyl (C=O) groups is 1. The van der Waals surface area contributed by atoms with Crippen LogP contribution in [0.3, 0.4) is 0 Å². The van der Waals surface area contributed by atoms with Gasteiger partial charge in [0.25, 0.3) is 0 Å². The van der Waals surface area contributed by atoms with E-state index in [-0.39, 0.29) is 6.03 Å². The lowest BCUT2D eigenvalue weighted by Gasteiger charge is -2.33. The molecule has 2 N–H and O–H groups in total. The molecule has 1 aliphatic heterocycles. The van der Waals surface area contributed by atoms with Gasteiger partial charge in [0.1, 0.15) is 0 Å². The van der Waals surface area contributed by atoms with Crippen LogP contribution >= 0.6 is 0 Å². The Balaban J connectivity index is 1.50. The summed E-state index contributed by atoms with van der Waals surface area (Å²) in [5.41, 5.74) is 1.37. The average molecular weight is 329 g/mol. The molecule has 24 heavy (non-hydrogen) atoms. The monoisotopic (exact) mass is 329 g/mol. The van der Waals surface area contributed by atoms with Gasteiger partial charge in [0.2, 0.25) is 0 Å². The lowest BCUT2D eigenvalue weighted by Crippen LogP contribution is -2.48. The van der Waals surface area contributed by atoms with E-state index in [1.54, 1.807) is 0 Å². The zero-order valence-electron chi connectivity index (χ0n) is 14.8. The molecule has 2 fully saturated rings. The maximum absolute atomic E-state index is 12.7. The van der Waals surface area contributed by atoms with Crippen LogP contribution in [0.4, 0.5) is 4.79 Å². The molecule has 1 heterocycles. The van der Waals surface area contributed by atoms with Gasteiger partial charge >= 0.3 is 6.03 Å². The maximum Gasteiger partial charge on any atom is 0.317 e. The summed E-state index contributed by atoms with van der Waals surface area (Å²) >= 11 is 0. The Bertz CT molecular complexity index is 511. The van der Waals surface area contributed by atoms with E-state index in [0.717, 1.165) is 44.8 Å². The van der Waals surface area contributed by atoms with Gasteiger partial charge in [-0.25, -0.2) is 4.79 Å². The second kappa shape index (κ2) is 8.52. The van der Waals surface area contributed by atoms with Gasteiger partial charge in [-0.15, -0.1) is 0 Å². The van der Waals surface area contributed by atoms with E-state index >= 15 is 0 Å². The zero-order valence-corrected chi connectivity index (χ0v) is 14.8. The minimum Gasteiger partial charge on any atom is -0.335 e. The molecule has 1 saturated carbocycles. The highest BCUT2D eigenvalue weighted by Crippen LogP contribution is 2.34. The van der Waals surface area contributed by atoms with Gasteiger partial charge in [-0.2, -0.15) is 0 Å². The number of amides is 2. The summed E-state index contributed by atoms with van der Waals surface area (Å²) in [6.45, 7) is 2.89. The van der Waals surface area contributed by atoms with Gasteiger partial charge in [0.05, 0.1) is 0 Å². The van der Waals surface area contributed by atoms with E-state index in [2.05, 4.69) is 41.0 Å². The molecular weight excluding hydrogens is 298 g/mol. The van der Waals surface area contributed by atoms with Crippen LogP contribution in [0.2, 0.25) is 0 Å².